The minimum Gasteiger partial charge on any atom is -0.336 e. The van der Waals surface area contributed by atoms with Crippen LogP contribution in [0.3, 0.4) is 0 Å². The van der Waals surface area contributed by atoms with Crippen LogP contribution in [0.25, 0.3) is 15.5 Å². The Labute approximate surface area is 197 Å². The molecular weight excluding hydrogens is 490 g/mol. The normalized spacial score (nSPS) is 14.7. The maximum Gasteiger partial charge on any atom is 0.275 e. The molecule has 162 valence electrons. The second-order valence-electron chi connectivity index (χ2n) is 7.63. The molecule has 32 heavy (non-hydrogen) atoms. The van der Waals surface area contributed by atoms with Gasteiger partial charge in [-0.05, 0) is 24.3 Å². The molecule has 0 aliphatic carbocycles. The molecule has 0 saturated carbocycles. The number of halogens is 1. The Morgan fingerprint density at radius 1 is 1.00 bits per heavy atom. The molecule has 1 aliphatic rings. The molecule has 2 aromatic heterocycles. The van der Waals surface area contributed by atoms with Gasteiger partial charge in [-0.3, -0.25) is 14.5 Å². The molecule has 2 aromatic carbocycles. The first-order chi connectivity index (χ1) is 15.6. The van der Waals surface area contributed by atoms with Crippen molar-refractivity contribution >= 4 is 38.1 Å². The lowest BCUT2D eigenvalue weighted by molar-refractivity contribution is 0.0627. The van der Waals surface area contributed by atoms with Crippen molar-refractivity contribution in [2.45, 2.75) is 6.54 Å². The van der Waals surface area contributed by atoms with Crippen molar-refractivity contribution < 1.29 is 4.79 Å². The van der Waals surface area contributed by atoms with Gasteiger partial charge < -0.3 is 4.90 Å². The Kier molecular flexibility index (Phi) is 5.86. The summed E-state index contributed by atoms with van der Waals surface area (Å²) in [6.07, 6.45) is 0. The average Bonchev–Trinajstić information content (AvgIpc) is 3.25. The standard InChI is InChI=1S/C23H20BrN5O2S/c24-18-8-6-17(7-9-18)22(31)28-12-10-27(11-13-28)15-19-14-20(30)29-23(25-19)32-21(26-29)16-4-2-1-3-5-16/h1-9,14H,10-13,15H2. The van der Waals surface area contributed by atoms with Gasteiger partial charge in [-0.1, -0.05) is 57.6 Å². The van der Waals surface area contributed by atoms with Gasteiger partial charge in [0, 0.05) is 54.4 Å². The van der Waals surface area contributed by atoms with Crippen LogP contribution in [0.5, 0.6) is 0 Å². The lowest BCUT2D eigenvalue weighted by atomic mass is 10.2. The summed E-state index contributed by atoms with van der Waals surface area (Å²) in [5, 5.41) is 5.20. The highest BCUT2D eigenvalue weighted by molar-refractivity contribution is 9.10. The predicted octanol–water partition coefficient (Wildman–Crippen LogP) is 3.54. The van der Waals surface area contributed by atoms with Crippen molar-refractivity contribution in [1.29, 1.82) is 0 Å². The number of piperazine rings is 1. The number of carbonyl (C=O) groups excluding carboxylic acids is 1. The van der Waals surface area contributed by atoms with Crippen molar-refractivity contribution in [2.75, 3.05) is 26.2 Å². The van der Waals surface area contributed by atoms with Crippen molar-refractivity contribution in [3.05, 3.63) is 86.7 Å². The van der Waals surface area contributed by atoms with E-state index in [0.717, 1.165) is 33.8 Å². The number of benzene rings is 2. The van der Waals surface area contributed by atoms with E-state index >= 15 is 0 Å². The molecule has 5 rings (SSSR count). The molecule has 0 N–H and O–H groups in total. The summed E-state index contributed by atoms with van der Waals surface area (Å²) in [4.78, 5) is 34.7. The van der Waals surface area contributed by atoms with E-state index in [-0.39, 0.29) is 11.5 Å². The number of fused-ring (bicyclic) bond motifs is 1. The lowest BCUT2D eigenvalue weighted by Crippen LogP contribution is -2.48. The molecule has 0 spiro atoms. The van der Waals surface area contributed by atoms with Crippen LogP contribution in [0.15, 0.2) is 69.9 Å². The van der Waals surface area contributed by atoms with E-state index in [1.165, 1.54) is 15.9 Å². The topological polar surface area (TPSA) is 70.8 Å². The number of amides is 1. The number of hydrogen-bond donors (Lipinski definition) is 0. The number of carbonyl (C=O) groups is 1. The van der Waals surface area contributed by atoms with E-state index in [9.17, 15) is 9.59 Å². The van der Waals surface area contributed by atoms with Crippen LogP contribution < -0.4 is 5.56 Å². The zero-order valence-corrected chi connectivity index (χ0v) is 19.6. The summed E-state index contributed by atoms with van der Waals surface area (Å²) in [5.74, 6) is 0.0491. The van der Waals surface area contributed by atoms with Crippen LogP contribution in [0.4, 0.5) is 0 Å². The third kappa shape index (κ3) is 4.36. The van der Waals surface area contributed by atoms with Crippen molar-refractivity contribution in [1.82, 2.24) is 24.4 Å². The van der Waals surface area contributed by atoms with Gasteiger partial charge in [0.15, 0.2) is 0 Å². The van der Waals surface area contributed by atoms with Gasteiger partial charge in [-0.2, -0.15) is 9.61 Å². The van der Waals surface area contributed by atoms with Gasteiger partial charge >= 0.3 is 0 Å². The van der Waals surface area contributed by atoms with E-state index in [1.807, 2.05) is 59.5 Å². The molecule has 1 aliphatic heterocycles. The van der Waals surface area contributed by atoms with Crippen molar-refractivity contribution in [3.8, 4) is 10.6 Å². The SMILES string of the molecule is O=C(c1ccc(Br)cc1)N1CCN(Cc2cc(=O)n3nc(-c4ccccc4)sc3n2)CC1. The number of nitrogens with zero attached hydrogens (tertiary/aromatic N) is 5. The monoisotopic (exact) mass is 509 g/mol. The van der Waals surface area contributed by atoms with Crippen LogP contribution in [0.1, 0.15) is 16.1 Å². The number of rotatable bonds is 4. The van der Waals surface area contributed by atoms with E-state index in [0.29, 0.717) is 30.2 Å². The van der Waals surface area contributed by atoms with Crippen LogP contribution in [-0.4, -0.2) is 56.5 Å². The molecule has 1 amide bonds. The largest absolute Gasteiger partial charge is 0.336 e. The van der Waals surface area contributed by atoms with E-state index in [1.54, 1.807) is 6.07 Å². The van der Waals surface area contributed by atoms with Gasteiger partial charge in [0.25, 0.3) is 11.5 Å². The fraction of sp³-hybridized carbons (Fsp3) is 0.217. The summed E-state index contributed by atoms with van der Waals surface area (Å²) in [7, 11) is 0. The van der Waals surface area contributed by atoms with E-state index in [2.05, 4.69) is 30.9 Å². The fourth-order valence-electron chi connectivity index (χ4n) is 3.75. The number of aromatic nitrogens is 3. The molecule has 1 saturated heterocycles. The third-order valence-corrected chi connectivity index (χ3v) is 6.94. The summed E-state index contributed by atoms with van der Waals surface area (Å²) < 4.78 is 2.32. The first kappa shape index (κ1) is 21.0. The quantitative estimate of drug-likeness (QED) is 0.420. The summed E-state index contributed by atoms with van der Waals surface area (Å²) >= 11 is 4.81. The Balaban J connectivity index is 1.27. The molecule has 3 heterocycles. The molecule has 1 fully saturated rings. The highest BCUT2D eigenvalue weighted by Crippen LogP contribution is 2.24. The minimum absolute atomic E-state index is 0.0491. The van der Waals surface area contributed by atoms with Crippen LogP contribution in [-0.2, 0) is 6.54 Å². The number of hydrogen-bond acceptors (Lipinski definition) is 6. The average molecular weight is 510 g/mol. The molecule has 7 nitrogen and oxygen atoms in total. The minimum atomic E-state index is -0.174. The Bertz CT molecular complexity index is 1310. The van der Waals surface area contributed by atoms with Crippen LogP contribution >= 0.6 is 27.3 Å². The molecule has 0 bridgehead atoms. The highest BCUT2D eigenvalue weighted by Gasteiger charge is 2.23. The Morgan fingerprint density at radius 2 is 1.72 bits per heavy atom. The van der Waals surface area contributed by atoms with Gasteiger partial charge in [0.2, 0.25) is 4.96 Å². The van der Waals surface area contributed by atoms with Gasteiger partial charge in [-0.25, -0.2) is 4.98 Å². The van der Waals surface area contributed by atoms with Crippen LogP contribution in [0, 0.1) is 0 Å². The van der Waals surface area contributed by atoms with Gasteiger partial charge in [-0.15, -0.1) is 0 Å². The fourth-order valence-corrected chi connectivity index (χ4v) is 4.94. The van der Waals surface area contributed by atoms with Gasteiger partial charge in [0.1, 0.15) is 5.01 Å². The van der Waals surface area contributed by atoms with Crippen molar-refractivity contribution in [3.63, 3.8) is 0 Å². The second kappa shape index (κ2) is 8.93. The summed E-state index contributed by atoms with van der Waals surface area (Å²) in [5.41, 5.74) is 2.22. The maximum absolute atomic E-state index is 12.7. The first-order valence-corrected chi connectivity index (χ1v) is 11.9. The third-order valence-electron chi connectivity index (χ3n) is 5.46. The van der Waals surface area contributed by atoms with Crippen LogP contribution in [0.2, 0.25) is 0 Å². The highest BCUT2D eigenvalue weighted by atomic mass is 79.9. The lowest BCUT2D eigenvalue weighted by Gasteiger charge is -2.34. The van der Waals surface area contributed by atoms with E-state index in [4.69, 9.17) is 0 Å². The molecule has 9 heteroatoms. The zero-order chi connectivity index (χ0) is 22.1. The molecule has 0 radical (unpaired) electrons. The Hall–Kier alpha value is -2.88. The summed E-state index contributed by atoms with van der Waals surface area (Å²) in [6, 6.07) is 18.8. The smallest absolute Gasteiger partial charge is 0.275 e. The second-order valence-corrected chi connectivity index (χ2v) is 9.50. The maximum atomic E-state index is 12.7. The molecular formula is C23H20BrN5O2S. The van der Waals surface area contributed by atoms with Crippen molar-refractivity contribution in [2.24, 2.45) is 0 Å². The molecule has 0 unspecified atom stereocenters. The molecule has 4 aromatic rings. The predicted molar refractivity (Wildman–Crippen MR) is 128 cm³/mol. The zero-order valence-electron chi connectivity index (χ0n) is 17.1. The van der Waals surface area contributed by atoms with Gasteiger partial charge in [0.05, 0.1) is 5.69 Å². The first-order valence-electron chi connectivity index (χ1n) is 10.3. The Morgan fingerprint density at radius 3 is 2.44 bits per heavy atom. The molecule has 0 atom stereocenters. The van der Waals surface area contributed by atoms with E-state index < -0.39 is 0 Å². The summed E-state index contributed by atoms with van der Waals surface area (Å²) in [6.45, 7) is 3.34.